The SMILES string of the molecule is Brc1ccc2c(c1)c1ccc3c(c1n2-c1cccc(-c2nc(-c4ccccc4)nc(-c4ccccc4)n2)c1)-c1ccccc1C31C2=C(CCC=C2)c2ccccc21. The van der Waals surface area contributed by atoms with Gasteiger partial charge in [0.2, 0.25) is 0 Å². The van der Waals surface area contributed by atoms with Gasteiger partial charge in [-0.25, -0.2) is 15.0 Å². The first-order valence-corrected chi connectivity index (χ1v) is 20.3. The van der Waals surface area contributed by atoms with Crippen molar-refractivity contribution in [2.75, 3.05) is 0 Å². The van der Waals surface area contributed by atoms with E-state index in [1.54, 1.807) is 0 Å². The molecule has 3 aliphatic carbocycles. The highest BCUT2D eigenvalue weighted by atomic mass is 79.9. The van der Waals surface area contributed by atoms with Gasteiger partial charge >= 0.3 is 0 Å². The molecule has 2 heterocycles. The standard InChI is InChI=1S/C52H33BrN4/c53-35-26-29-46-41(31-35)39-27-28-45-47(40-22-9-12-25-44(40)52(45)42-23-10-7-20-37(42)38-21-8-11-24-43(38)52)48(39)57(46)36-19-13-18-34(30-36)51-55-49(32-14-3-1-4-15-32)54-50(56-51)33-16-5-2-6-17-33/h1-7,9-20,22-31H,8,21H2. The van der Waals surface area contributed by atoms with Gasteiger partial charge in [0.1, 0.15) is 0 Å². The molecular formula is C52H33BrN4. The van der Waals surface area contributed by atoms with Gasteiger partial charge in [-0.2, -0.15) is 0 Å². The van der Waals surface area contributed by atoms with Gasteiger partial charge in [-0.3, -0.25) is 0 Å². The molecule has 0 bridgehead atoms. The molecule has 1 spiro atoms. The number of rotatable bonds is 4. The van der Waals surface area contributed by atoms with Crippen LogP contribution in [0.5, 0.6) is 0 Å². The van der Waals surface area contributed by atoms with Gasteiger partial charge in [-0.1, -0.05) is 162 Å². The van der Waals surface area contributed by atoms with Crippen LogP contribution in [0.1, 0.15) is 35.1 Å². The number of allylic oxidation sites excluding steroid dienone is 4. The molecule has 7 aromatic carbocycles. The third-order valence-electron chi connectivity index (χ3n) is 12.2. The average Bonchev–Trinajstić information content (AvgIpc) is 3.88. The fourth-order valence-electron chi connectivity index (χ4n) is 9.92. The number of benzene rings is 7. The Labute approximate surface area is 338 Å². The highest BCUT2D eigenvalue weighted by molar-refractivity contribution is 9.10. The van der Waals surface area contributed by atoms with Crippen molar-refractivity contribution >= 4 is 43.3 Å². The molecular weight excluding hydrogens is 761 g/mol. The number of aromatic nitrogens is 4. The van der Waals surface area contributed by atoms with Crippen LogP contribution < -0.4 is 0 Å². The number of fused-ring (bicyclic) bond motifs is 13. The predicted molar refractivity (Wildman–Crippen MR) is 235 cm³/mol. The van der Waals surface area contributed by atoms with Crippen molar-refractivity contribution in [1.82, 2.24) is 19.5 Å². The van der Waals surface area contributed by atoms with Crippen molar-refractivity contribution in [2.24, 2.45) is 0 Å². The minimum atomic E-state index is -0.390. The summed E-state index contributed by atoms with van der Waals surface area (Å²) in [5.74, 6) is 1.93. The molecule has 57 heavy (non-hydrogen) atoms. The first-order valence-electron chi connectivity index (χ1n) is 19.5. The van der Waals surface area contributed by atoms with Crippen LogP contribution in [-0.2, 0) is 5.41 Å². The van der Waals surface area contributed by atoms with Gasteiger partial charge in [-0.05, 0) is 82.1 Å². The Morgan fingerprint density at radius 3 is 1.89 bits per heavy atom. The minimum Gasteiger partial charge on any atom is -0.309 e. The summed E-state index contributed by atoms with van der Waals surface area (Å²) < 4.78 is 3.53. The largest absolute Gasteiger partial charge is 0.309 e. The third-order valence-corrected chi connectivity index (χ3v) is 12.7. The summed E-state index contributed by atoms with van der Waals surface area (Å²) in [5, 5.41) is 2.42. The summed E-state index contributed by atoms with van der Waals surface area (Å²) in [7, 11) is 0. The van der Waals surface area contributed by atoms with Gasteiger partial charge in [0.25, 0.3) is 0 Å². The lowest BCUT2D eigenvalue weighted by Gasteiger charge is -2.32. The molecule has 12 rings (SSSR count). The Balaban J connectivity index is 1.14. The van der Waals surface area contributed by atoms with Crippen molar-refractivity contribution in [2.45, 2.75) is 18.3 Å². The number of halogens is 1. The van der Waals surface area contributed by atoms with Crippen LogP contribution in [0.25, 0.3) is 78.4 Å². The molecule has 0 fully saturated rings. The molecule has 3 aliphatic rings. The van der Waals surface area contributed by atoms with Crippen LogP contribution in [0.3, 0.4) is 0 Å². The second kappa shape index (κ2) is 12.4. The molecule has 0 saturated carbocycles. The fraction of sp³-hybridized carbons (Fsp3) is 0.0577. The van der Waals surface area contributed by atoms with Crippen molar-refractivity contribution in [3.8, 4) is 51.0 Å². The van der Waals surface area contributed by atoms with Crippen molar-refractivity contribution in [3.05, 3.63) is 208 Å². The van der Waals surface area contributed by atoms with Crippen LogP contribution in [0, 0.1) is 0 Å². The van der Waals surface area contributed by atoms with Gasteiger partial charge in [0.05, 0.1) is 16.4 Å². The summed E-state index contributed by atoms with van der Waals surface area (Å²) in [6, 6.07) is 58.7. The van der Waals surface area contributed by atoms with E-state index in [1.165, 1.54) is 60.8 Å². The van der Waals surface area contributed by atoms with E-state index < -0.39 is 0 Å². The summed E-state index contributed by atoms with van der Waals surface area (Å²) in [6.07, 6.45) is 6.92. The van der Waals surface area contributed by atoms with Crippen molar-refractivity contribution < 1.29 is 0 Å². The molecule has 1 atom stereocenters. The second-order valence-electron chi connectivity index (χ2n) is 15.1. The molecule has 268 valence electrons. The predicted octanol–water partition coefficient (Wildman–Crippen LogP) is 13.2. The molecule has 0 N–H and O–H groups in total. The number of hydrogen-bond acceptors (Lipinski definition) is 3. The Bertz CT molecular complexity index is 3140. The normalized spacial score (nSPS) is 16.3. The van der Waals surface area contributed by atoms with E-state index in [0.717, 1.165) is 45.2 Å². The Morgan fingerprint density at radius 1 is 0.526 bits per heavy atom. The Kier molecular flexibility index (Phi) is 7.08. The number of nitrogens with zero attached hydrogens (tertiary/aromatic N) is 4. The lowest BCUT2D eigenvalue weighted by atomic mass is 9.69. The van der Waals surface area contributed by atoms with Crippen molar-refractivity contribution in [1.29, 1.82) is 0 Å². The zero-order valence-electron chi connectivity index (χ0n) is 30.8. The first-order chi connectivity index (χ1) is 28.2. The zero-order chi connectivity index (χ0) is 37.7. The second-order valence-corrected chi connectivity index (χ2v) is 16.1. The third kappa shape index (κ3) is 4.64. The average molecular weight is 794 g/mol. The maximum atomic E-state index is 5.10. The van der Waals surface area contributed by atoms with Crippen LogP contribution in [0.2, 0.25) is 0 Å². The molecule has 2 aromatic heterocycles. The molecule has 4 nitrogen and oxygen atoms in total. The van der Waals surface area contributed by atoms with E-state index >= 15 is 0 Å². The Hall–Kier alpha value is -6.69. The van der Waals surface area contributed by atoms with Gasteiger partial charge in [0, 0.05) is 43.2 Å². The van der Waals surface area contributed by atoms with Gasteiger partial charge < -0.3 is 4.57 Å². The highest BCUT2D eigenvalue weighted by Crippen LogP contribution is 2.64. The van der Waals surface area contributed by atoms with E-state index in [1.807, 2.05) is 36.4 Å². The van der Waals surface area contributed by atoms with Gasteiger partial charge in [-0.15, -0.1) is 0 Å². The van der Waals surface area contributed by atoms with Crippen molar-refractivity contribution in [3.63, 3.8) is 0 Å². The summed E-state index contributed by atoms with van der Waals surface area (Å²) in [5.41, 5.74) is 16.8. The molecule has 9 aromatic rings. The van der Waals surface area contributed by atoms with E-state index in [0.29, 0.717) is 17.5 Å². The van der Waals surface area contributed by atoms with E-state index in [2.05, 4.69) is 160 Å². The van der Waals surface area contributed by atoms with E-state index in [4.69, 9.17) is 15.0 Å². The van der Waals surface area contributed by atoms with E-state index in [-0.39, 0.29) is 5.41 Å². The molecule has 5 heteroatoms. The molecule has 1 unspecified atom stereocenters. The topological polar surface area (TPSA) is 43.6 Å². The van der Waals surface area contributed by atoms with Gasteiger partial charge in [0.15, 0.2) is 17.5 Å². The molecule has 0 amide bonds. The maximum Gasteiger partial charge on any atom is 0.164 e. The minimum absolute atomic E-state index is 0.390. The summed E-state index contributed by atoms with van der Waals surface area (Å²) >= 11 is 3.83. The van der Waals surface area contributed by atoms with E-state index in [9.17, 15) is 0 Å². The molecule has 0 radical (unpaired) electrons. The monoisotopic (exact) mass is 792 g/mol. The van der Waals surface area contributed by atoms with Crippen LogP contribution in [0.15, 0.2) is 186 Å². The first kappa shape index (κ1) is 32.5. The summed E-state index contributed by atoms with van der Waals surface area (Å²) in [6.45, 7) is 0. The van der Waals surface area contributed by atoms with Crippen LogP contribution in [-0.4, -0.2) is 19.5 Å². The number of hydrogen-bond donors (Lipinski definition) is 0. The lowest BCUT2D eigenvalue weighted by molar-refractivity contribution is 0.781. The highest BCUT2D eigenvalue weighted by Gasteiger charge is 2.53. The molecule has 0 saturated heterocycles. The quantitative estimate of drug-likeness (QED) is 0.178. The molecule has 0 aliphatic heterocycles. The Morgan fingerprint density at radius 2 is 1.16 bits per heavy atom. The van der Waals surface area contributed by atoms with Crippen LogP contribution >= 0.6 is 15.9 Å². The maximum absolute atomic E-state index is 5.10. The smallest absolute Gasteiger partial charge is 0.164 e. The zero-order valence-corrected chi connectivity index (χ0v) is 32.4. The van der Waals surface area contributed by atoms with Crippen LogP contribution in [0.4, 0.5) is 0 Å². The fourth-order valence-corrected chi connectivity index (χ4v) is 10.3. The summed E-state index contributed by atoms with van der Waals surface area (Å²) in [4.78, 5) is 15.2. The lowest BCUT2D eigenvalue weighted by Crippen LogP contribution is -2.27.